The molecule has 0 aromatic rings. The number of nitrogens with zero attached hydrogens (tertiary/aromatic N) is 1. The predicted molar refractivity (Wildman–Crippen MR) is 124 cm³/mol. The number of hydrogen-bond acceptors (Lipinski definition) is 7. The van der Waals surface area contributed by atoms with Crippen LogP contribution in [-0.4, -0.2) is 88.1 Å². The second-order valence-corrected chi connectivity index (χ2v) is 9.63. The Balaban J connectivity index is 1.52. The van der Waals surface area contributed by atoms with E-state index in [1.165, 1.54) is 5.57 Å². The molecule has 0 bridgehead atoms. The summed E-state index contributed by atoms with van der Waals surface area (Å²) in [5.74, 6) is 0.580. The van der Waals surface area contributed by atoms with Gasteiger partial charge in [0.1, 0.15) is 30.1 Å². The van der Waals surface area contributed by atoms with Crippen molar-refractivity contribution in [3.05, 3.63) is 11.6 Å². The van der Waals surface area contributed by atoms with Crippen LogP contribution >= 0.6 is 0 Å². The van der Waals surface area contributed by atoms with E-state index in [9.17, 15) is 4.79 Å². The van der Waals surface area contributed by atoms with E-state index in [1.807, 2.05) is 11.9 Å². The number of methoxy groups -OCH3 is 1. The first-order chi connectivity index (χ1) is 15.4. The van der Waals surface area contributed by atoms with Gasteiger partial charge in [-0.1, -0.05) is 18.6 Å². The third kappa shape index (κ3) is 6.44. The second-order valence-electron chi connectivity index (χ2n) is 9.63. The molecule has 2 heterocycles. The third-order valence-corrected chi connectivity index (χ3v) is 6.88. The van der Waals surface area contributed by atoms with E-state index in [0.717, 1.165) is 58.3 Å². The maximum Gasteiger partial charge on any atom is 0.410 e. The van der Waals surface area contributed by atoms with Crippen molar-refractivity contribution in [2.45, 2.75) is 83.0 Å². The van der Waals surface area contributed by atoms with Gasteiger partial charge in [-0.15, -0.1) is 0 Å². The van der Waals surface area contributed by atoms with Crippen LogP contribution in [-0.2, 0) is 18.9 Å². The van der Waals surface area contributed by atoms with Crippen LogP contribution in [0, 0.1) is 5.92 Å². The topological polar surface area (TPSA) is 84.6 Å². The van der Waals surface area contributed by atoms with Crippen molar-refractivity contribution in [3.8, 4) is 0 Å². The highest BCUT2D eigenvalue weighted by Gasteiger charge is 2.61. The molecule has 2 N–H and O–H groups in total. The van der Waals surface area contributed by atoms with Gasteiger partial charge in [-0.05, 0) is 65.6 Å². The number of epoxide rings is 1. The van der Waals surface area contributed by atoms with Crippen LogP contribution in [0.15, 0.2) is 11.6 Å². The van der Waals surface area contributed by atoms with Crippen LogP contribution in [0.5, 0.6) is 0 Å². The Morgan fingerprint density at radius 1 is 1.34 bits per heavy atom. The molecule has 8 nitrogen and oxygen atoms in total. The van der Waals surface area contributed by atoms with Crippen molar-refractivity contribution in [1.82, 2.24) is 15.5 Å². The lowest BCUT2D eigenvalue weighted by molar-refractivity contribution is -0.181. The van der Waals surface area contributed by atoms with Gasteiger partial charge in [-0.3, -0.25) is 5.32 Å². The minimum absolute atomic E-state index is 0.151. The monoisotopic (exact) mass is 453 g/mol. The molecule has 1 saturated carbocycles. The number of rotatable bonds is 12. The van der Waals surface area contributed by atoms with Gasteiger partial charge in [-0.2, -0.15) is 0 Å². The van der Waals surface area contributed by atoms with Crippen molar-refractivity contribution >= 4 is 6.09 Å². The zero-order chi connectivity index (χ0) is 23.1. The fourth-order valence-electron chi connectivity index (χ4n) is 4.75. The highest BCUT2D eigenvalue weighted by Crippen LogP contribution is 2.46. The maximum atomic E-state index is 12.8. The van der Waals surface area contributed by atoms with Crippen molar-refractivity contribution < 1.29 is 23.7 Å². The van der Waals surface area contributed by atoms with E-state index in [4.69, 9.17) is 18.9 Å². The van der Waals surface area contributed by atoms with Crippen molar-refractivity contribution in [2.75, 3.05) is 46.9 Å². The van der Waals surface area contributed by atoms with Gasteiger partial charge in [0, 0.05) is 26.6 Å². The molecule has 2 saturated heterocycles. The molecule has 5 atom stereocenters. The molecule has 2 aliphatic heterocycles. The Hall–Kier alpha value is -1.19. The quantitative estimate of drug-likeness (QED) is 0.203. The van der Waals surface area contributed by atoms with Gasteiger partial charge >= 0.3 is 6.09 Å². The van der Waals surface area contributed by atoms with Crippen LogP contribution in [0.3, 0.4) is 0 Å². The minimum Gasteiger partial charge on any atom is -0.443 e. The van der Waals surface area contributed by atoms with Crippen molar-refractivity contribution in [3.63, 3.8) is 0 Å². The Kier molecular flexibility index (Phi) is 9.37. The van der Waals surface area contributed by atoms with Crippen molar-refractivity contribution in [1.29, 1.82) is 0 Å². The molecule has 3 aliphatic rings. The van der Waals surface area contributed by atoms with E-state index >= 15 is 0 Å². The Morgan fingerprint density at radius 2 is 2.09 bits per heavy atom. The molecule has 0 unspecified atom stereocenters. The standard InChI is InChI=1S/C24H43N3O5/c1-6-26-13-7-8-18-14-27(15-18)23(28)31-19-11-12-24(16-30-24)22(21(19)29-5)32-20(25-4)10-9-17(2)3/h9,18-22,25-26H,6-8,10-16H2,1-5H3/t19-,20-,21-,22+,24+/m1/s1. The molecule has 3 fully saturated rings. The van der Waals surface area contributed by atoms with E-state index < -0.39 is 0 Å². The molecule has 32 heavy (non-hydrogen) atoms. The SMILES string of the molecule is CCNCCCC1CN(C(=O)O[C@@H]2CC[C@]3(CO3)[C@@H](O[C@H](CC=C(C)C)NC)[C@@H]2OC)C1. The fraction of sp³-hybridized carbons (Fsp3) is 0.875. The summed E-state index contributed by atoms with van der Waals surface area (Å²) in [6, 6.07) is 0. The molecular weight excluding hydrogens is 410 g/mol. The normalized spacial score (nSPS) is 30.7. The molecule has 8 heteroatoms. The largest absolute Gasteiger partial charge is 0.443 e. The van der Waals surface area contributed by atoms with Gasteiger partial charge in [0.25, 0.3) is 0 Å². The summed E-state index contributed by atoms with van der Waals surface area (Å²) in [6.07, 6.45) is 5.39. The first-order valence-electron chi connectivity index (χ1n) is 12.2. The predicted octanol–water partition coefficient (Wildman–Crippen LogP) is 2.68. The smallest absolute Gasteiger partial charge is 0.410 e. The molecule has 1 spiro atoms. The number of nitrogens with one attached hydrogen (secondary N) is 2. The number of carbonyl (C=O) groups excluding carboxylic acids is 1. The molecule has 1 amide bonds. The second kappa shape index (κ2) is 11.8. The summed E-state index contributed by atoms with van der Waals surface area (Å²) >= 11 is 0. The van der Waals surface area contributed by atoms with Gasteiger partial charge in [-0.25, -0.2) is 4.79 Å². The zero-order valence-electron chi connectivity index (χ0n) is 20.5. The van der Waals surface area contributed by atoms with Gasteiger partial charge < -0.3 is 29.2 Å². The van der Waals surface area contributed by atoms with E-state index in [1.54, 1.807) is 7.11 Å². The van der Waals surface area contributed by atoms with Crippen LogP contribution in [0.1, 0.15) is 52.9 Å². The first kappa shape index (κ1) is 25.4. The Labute approximate surface area is 193 Å². The molecule has 1 aliphatic carbocycles. The van der Waals surface area contributed by atoms with Crippen LogP contribution < -0.4 is 10.6 Å². The van der Waals surface area contributed by atoms with E-state index in [2.05, 4.69) is 37.5 Å². The lowest BCUT2D eigenvalue weighted by Crippen LogP contribution is -2.58. The number of hydrogen-bond donors (Lipinski definition) is 2. The third-order valence-electron chi connectivity index (χ3n) is 6.88. The average Bonchev–Trinajstić information content (AvgIpc) is 3.51. The summed E-state index contributed by atoms with van der Waals surface area (Å²) in [4.78, 5) is 14.6. The number of likely N-dealkylation sites (tertiary alicyclic amines) is 1. The molecule has 0 aromatic heterocycles. The maximum absolute atomic E-state index is 12.8. The summed E-state index contributed by atoms with van der Waals surface area (Å²) in [5, 5.41) is 6.59. The summed E-state index contributed by atoms with van der Waals surface area (Å²) < 4.78 is 24.1. The minimum atomic E-state index is -0.352. The van der Waals surface area contributed by atoms with Crippen LogP contribution in [0.2, 0.25) is 0 Å². The molecule has 0 aromatic carbocycles. The van der Waals surface area contributed by atoms with Crippen molar-refractivity contribution in [2.24, 2.45) is 5.92 Å². The van der Waals surface area contributed by atoms with Crippen LogP contribution in [0.4, 0.5) is 4.79 Å². The number of amides is 1. The molecule has 184 valence electrons. The molecule has 0 radical (unpaired) electrons. The van der Waals surface area contributed by atoms with Gasteiger partial charge in [0.15, 0.2) is 0 Å². The van der Waals surface area contributed by atoms with Gasteiger partial charge in [0.2, 0.25) is 0 Å². The Morgan fingerprint density at radius 3 is 2.69 bits per heavy atom. The molecular formula is C24H43N3O5. The lowest BCUT2D eigenvalue weighted by Gasteiger charge is -2.43. The highest BCUT2D eigenvalue weighted by molar-refractivity contribution is 5.69. The van der Waals surface area contributed by atoms with E-state index in [0.29, 0.717) is 12.5 Å². The zero-order valence-corrected chi connectivity index (χ0v) is 20.5. The van der Waals surface area contributed by atoms with E-state index in [-0.39, 0.29) is 36.2 Å². The number of carbonyl (C=O) groups is 1. The highest BCUT2D eigenvalue weighted by atomic mass is 16.6. The fourth-order valence-corrected chi connectivity index (χ4v) is 4.75. The first-order valence-corrected chi connectivity index (χ1v) is 12.2. The number of allylic oxidation sites excluding steroid dienone is 1. The average molecular weight is 454 g/mol. The summed E-state index contributed by atoms with van der Waals surface area (Å²) in [6.45, 7) is 10.6. The molecule has 3 rings (SSSR count). The summed E-state index contributed by atoms with van der Waals surface area (Å²) in [7, 11) is 3.56. The number of ether oxygens (including phenoxy) is 4. The summed E-state index contributed by atoms with van der Waals surface area (Å²) in [5.41, 5.74) is 0.928. The lowest BCUT2D eigenvalue weighted by atomic mass is 9.82. The van der Waals surface area contributed by atoms with Crippen LogP contribution in [0.25, 0.3) is 0 Å². The van der Waals surface area contributed by atoms with Gasteiger partial charge in [0.05, 0.1) is 6.61 Å². The Bertz CT molecular complexity index is 629.